The number of nitriles is 1. The van der Waals surface area contributed by atoms with E-state index >= 15 is 0 Å². The molecule has 0 unspecified atom stereocenters. The zero-order valence-electron chi connectivity index (χ0n) is 9.89. The molecule has 0 saturated heterocycles. The minimum absolute atomic E-state index is 0.0184. The molecule has 0 aliphatic heterocycles. The van der Waals surface area contributed by atoms with Crippen LogP contribution in [0.2, 0.25) is 0 Å². The molecule has 5 heteroatoms. The number of unbranched alkanes of at least 4 members (excludes halogenated alkanes) is 1. The normalized spacial score (nSPS) is 9.50. The molecule has 0 saturated carbocycles. The second-order valence-electron chi connectivity index (χ2n) is 3.69. The number of hydrogen-bond donors (Lipinski definition) is 1. The minimum atomic E-state index is -0.550. The van der Waals surface area contributed by atoms with Crippen LogP contribution in [0.3, 0.4) is 0 Å². The molecule has 0 heterocycles. The van der Waals surface area contributed by atoms with Crippen LogP contribution in [0.1, 0.15) is 35.2 Å². The van der Waals surface area contributed by atoms with Gasteiger partial charge < -0.3 is 10.5 Å². The van der Waals surface area contributed by atoms with Crippen LogP contribution in [-0.4, -0.2) is 11.9 Å². The summed E-state index contributed by atoms with van der Waals surface area (Å²) in [4.78, 5) is 22.4. The first-order valence-corrected chi connectivity index (χ1v) is 5.55. The number of hydrogen-bond acceptors (Lipinski definition) is 4. The average molecular weight is 246 g/mol. The Bertz CT molecular complexity index is 477. The molecular formula is C13H14N2O3. The predicted molar refractivity (Wildman–Crippen MR) is 64.2 cm³/mol. The van der Waals surface area contributed by atoms with Crippen molar-refractivity contribution in [3.63, 3.8) is 0 Å². The highest BCUT2D eigenvalue weighted by Crippen LogP contribution is 2.10. The van der Waals surface area contributed by atoms with E-state index in [4.69, 9.17) is 15.7 Å². The molecule has 0 spiro atoms. The third-order valence-electron chi connectivity index (χ3n) is 2.34. The molecule has 1 aromatic carbocycles. The van der Waals surface area contributed by atoms with Crippen molar-refractivity contribution in [1.82, 2.24) is 0 Å². The van der Waals surface area contributed by atoms with Crippen molar-refractivity contribution in [2.75, 3.05) is 0 Å². The number of benzene rings is 1. The van der Waals surface area contributed by atoms with Gasteiger partial charge in [0, 0.05) is 24.0 Å². The van der Waals surface area contributed by atoms with Gasteiger partial charge in [-0.25, -0.2) is 0 Å². The van der Waals surface area contributed by atoms with Crippen LogP contribution in [-0.2, 0) is 16.1 Å². The fourth-order valence-corrected chi connectivity index (χ4v) is 1.43. The van der Waals surface area contributed by atoms with Crippen molar-refractivity contribution in [3.05, 3.63) is 35.4 Å². The zero-order chi connectivity index (χ0) is 13.4. The standard InChI is InChI=1S/C13H14N2O3/c14-8-4-3-7-12(16)18-9-10-5-1-2-6-11(10)13(15)17/h1-2,5-6H,3-4,7,9H2,(H2,15,17). The van der Waals surface area contributed by atoms with Crippen molar-refractivity contribution in [2.45, 2.75) is 25.9 Å². The third kappa shape index (κ3) is 4.26. The molecule has 0 aromatic heterocycles. The predicted octanol–water partition coefficient (Wildman–Crippen LogP) is 1.52. The van der Waals surface area contributed by atoms with Crippen LogP contribution >= 0.6 is 0 Å². The first-order chi connectivity index (χ1) is 8.65. The molecule has 5 nitrogen and oxygen atoms in total. The number of amides is 1. The number of carbonyl (C=O) groups is 2. The maximum atomic E-state index is 11.3. The maximum Gasteiger partial charge on any atom is 0.306 e. The number of esters is 1. The topological polar surface area (TPSA) is 93.2 Å². The van der Waals surface area contributed by atoms with Gasteiger partial charge in [0.1, 0.15) is 6.61 Å². The summed E-state index contributed by atoms with van der Waals surface area (Å²) in [6, 6.07) is 8.65. The Labute approximate surface area is 105 Å². The fourth-order valence-electron chi connectivity index (χ4n) is 1.43. The summed E-state index contributed by atoms with van der Waals surface area (Å²) in [5.41, 5.74) is 6.14. The monoisotopic (exact) mass is 246 g/mol. The molecular weight excluding hydrogens is 232 g/mol. The van der Waals surface area contributed by atoms with E-state index in [1.165, 1.54) is 0 Å². The highest BCUT2D eigenvalue weighted by Gasteiger charge is 2.09. The van der Waals surface area contributed by atoms with E-state index in [0.29, 0.717) is 24.0 Å². The summed E-state index contributed by atoms with van der Waals surface area (Å²) >= 11 is 0. The second kappa shape index (κ2) is 7.07. The Hall–Kier alpha value is -2.35. The van der Waals surface area contributed by atoms with Crippen LogP contribution in [0.5, 0.6) is 0 Å². The lowest BCUT2D eigenvalue weighted by atomic mass is 10.1. The first-order valence-electron chi connectivity index (χ1n) is 5.55. The number of rotatable bonds is 6. The smallest absolute Gasteiger partial charge is 0.306 e. The lowest BCUT2D eigenvalue weighted by Gasteiger charge is -2.07. The van der Waals surface area contributed by atoms with Gasteiger partial charge in [0.25, 0.3) is 0 Å². The largest absolute Gasteiger partial charge is 0.461 e. The van der Waals surface area contributed by atoms with Crippen molar-refractivity contribution in [2.24, 2.45) is 5.73 Å². The van der Waals surface area contributed by atoms with Crippen molar-refractivity contribution in [1.29, 1.82) is 5.26 Å². The van der Waals surface area contributed by atoms with E-state index in [1.54, 1.807) is 24.3 Å². The van der Waals surface area contributed by atoms with Crippen molar-refractivity contribution < 1.29 is 14.3 Å². The van der Waals surface area contributed by atoms with Crippen LogP contribution in [0.4, 0.5) is 0 Å². The SMILES string of the molecule is N#CCCCC(=O)OCc1ccccc1C(N)=O. The van der Waals surface area contributed by atoms with E-state index in [9.17, 15) is 9.59 Å². The highest BCUT2D eigenvalue weighted by atomic mass is 16.5. The van der Waals surface area contributed by atoms with E-state index in [2.05, 4.69) is 0 Å². The quantitative estimate of drug-likeness (QED) is 0.608. The van der Waals surface area contributed by atoms with E-state index < -0.39 is 5.91 Å². The van der Waals surface area contributed by atoms with E-state index in [-0.39, 0.29) is 19.0 Å². The number of nitrogens with zero attached hydrogens (tertiary/aromatic N) is 1. The molecule has 1 rings (SSSR count). The third-order valence-corrected chi connectivity index (χ3v) is 2.34. The van der Waals surface area contributed by atoms with Crippen LogP contribution in [0, 0.1) is 11.3 Å². The molecule has 94 valence electrons. The molecule has 18 heavy (non-hydrogen) atoms. The van der Waals surface area contributed by atoms with Crippen LogP contribution in [0.25, 0.3) is 0 Å². The summed E-state index contributed by atoms with van der Waals surface area (Å²) in [7, 11) is 0. The molecule has 0 fully saturated rings. The summed E-state index contributed by atoms with van der Waals surface area (Å²) in [6.07, 6.45) is 1.01. The van der Waals surface area contributed by atoms with Gasteiger partial charge in [-0.05, 0) is 12.5 Å². The van der Waals surface area contributed by atoms with E-state index in [0.717, 1.165) is 0 Å². The summed E-state index contributed by atoms with van der Waals surface area (Å²) in [6.45, 7) is 0.0184. The van der Waals surface area contributed by atoms with Crippen molar-refractivity contribution in [3.8, 4) is 6.07 Å². The first kappa shape index (κ1) is 13.7. The molecule has 0 radical (unpaired) electrons. The highest BCUT2D eigenvalue weighted by molar-refractivity contribution is 5.94. The second-order valence-corrected chi connectivity index (χ2v) is 3.69. The molecule has 2 N–H and O–H groups in total. The minimum Gasteiger partial charge on any atom is -0.461 e. The number of nitrogens with two attached hydrogens (primary N) is 1. The average Bonchev–Trinajstić information content (AvgIpc) is 2.37. The Morgan fingerprint density at radius 3 is 2.72 bits per heavy atom. The molecule has 0 aliphatic rings. The molecule has 1 amide bonds. The van der Waals surface area contributed by atoms with Crippen LogP contribution < -0.4 is 5.73 Å². The number of carbonyl (C=O) groups excluding carboxylic acids is 2. The molecule has 0 bridgehead atoms. The van der Waals surface area contributed by atoms with Gasteiger partial charge in [0.2, 0.25) is 5.91 Å². The summed E-state index contributed by atoms with van der Waals surface area (Å²) < 4.78 is 5.01. The Morgan fingerprint density at radius 1 is 1.33 bits per heavy atom. The van der Waals surface area contributed by atoms with Gasteiger partial charge in [0.05, 0.1) is 6.07 Å². The van der Waals surface area contributed by atoms with Gasteiger partial charge in [0.15, 0.2) is 0 Å². The molecule has 0 atom stereocenters. The van der Waals surface area contributed by atoms with Gasteiger partial charge in [-0.2, -0.15) is 5.26 Å². The molecule has 1 aromatic rings. The van der Waals surface area contributed by atoms with Crippen molar-refractivity contribution >= 4 is 11.9 Å². The Morgan fingerprint density at radius 2 is 2.06 bits per heavy atom. The van der Waals surface area contributed by atoms with Crippen LogP contribution in [0.15, 0.2) is 24.3 Å². The van der Waals surface area contributed by atoms with E-state index in [1.807, 2.05) is 6.07 Å². The van der Waals surface area contributed by atoms with Gasteiger partial charge in [-0.3, -0.25) is 9.59 Å². The Kier molecular flexibility index (Phi) is 5.39. The molecule has 0 aliphatic carbocycles. The number of ether oxygens (including phenoxy) is 1. The fraction of sp³-hybridized carbons (Fsp3) is 0.308. The Balaban J connectivity index is 2.51. The summed E-state index contributed by atoms with van der Waals surface area (Å²) in [5, 5.41) is 8.33. The summed E-state index contributed by atoms with van der Waals surface area (Å²) in [5.74, 6) is -0.935. The van der Waals surface area contributed by atoms with Gasteiger partial charge in [-0.1, -0.05) is 18.2 Å². The van der Waals surface area contributed by atoms with Gasteiger partial charge in [-0.15, -0.1) is 0 Å². The maximum absolute atomic E-state index is 11.3. The lowest BCUT2D eigenvalue weighted by molar-refractivity contribution is -0.145. The zero-order valence-corrected chi connectivity index (χ0v) is 9.89. The number of primary amides is 1. The lowest BCUT2D eigenvalue weighted by Crippen LogP contribution is -2.15. The van der Waals surface area contributed by atoms with Gasteiger partial charge >= 0.3 is 5.97 Å².